The number of carbonyl (C=O) groups excluding carboxylic acids is 1. The van der Waals surface area contributed by atoms with E-state index in [1.54, 1.807) is 0 Å². The molecule has 2 rings (SSSR count). The van der Waals surface area contributed by atoms with Gasteiger partial charge in [0.05, 0.1) is 4.88 Å². The number of carbonyl (C=O) groups is 1. The number of unbranched alkanes of at least 4 members (excludes halogenated alkanes) is 1. The highest BCUT2D eigenvalue weighted by Gasteiger charge is 2.09. The first-order valence-electron chi connectivity index (χ1n) is 5.68. The molecule has 0 aliphatic heterocycles. The molecule has 0 saturated carbocycles. The van der Waals surface area contributed by atoms with Crippen molar-refractivity contribution in [2.75, 3.05) is 6.54 Å². The second-order valence-electron chi connectivity index (χ2n) is 3.90. The smallest absolute Gasteiger partial charge is 0.261 e. The van der Waals surface area contributed by atoms with Crippen molar-refractivity contribution in [2.45, 2.75) is 19.8 Å². The second-order valence-corrected chi connectivity index (χ2v) is 5.90. The van der Waals surface area contributed by atoms with E-state index in [2.05, 4.69) is 28.2 Å². The molecule has 1 N–H and O–H groups in total. The molecule has 0 fully saturated rings. The summed E-state index contributed by atoms with van der Waals surface area (Å²) < 4.78 is 2.19. The normalized spacial score (nSPS) is 10.7. The lowest BCUT2D eigenvalue weighted by Crippen LogP contribution is -2.23. The maximum absolute atomic E-state index is 11.9. The number of hydrogen-bond donors (Lipinski definition) is 1. The average molecular weight is 312 g/mol. The van der Waals surface area contributed by atoms with Gasteiger partial charge in [0.2, 0.25) is 0 Å². The maximum atomic E-state index is 11.9. The lowest BCUT2D eigenvalue weighted by molar-refractivity contribution is 0.0957. The van der Waals surface area contributed by atoms with E-state index in [1.807, 2.05) is 24.3 Å². The van der Waals surface area contributed by atoms with Crippen LogP contribution in [-0.4, -0.2) is 12.5 Å². The molecule has 0 unspecified atom stereocenters. The molecule has 0 aliphatic rings. The molecular formula is C13H14BrNOS. The fourth-order valence-electron chi connectivity index (χ4n) is 1.59. The lowest BCUT2D eigenvalue weighted by Gasteiger charge is -2.00. The zero-order chi connectivity index (χ0) is 12.3. The summed E-state index contributed by atoms with van der Waals surface area (Å²) in [5.41, 5.74) is 0. The number of benzene rings is 1. The van der Waals surface area contributed by atoms with E-state index in [-0.39, 0.29) is 5.91 Å². The molecule has 1 aromatic heterocycles. The summed E-state index contributed by atoms with van der Waals surface area (Å²) in [5.74, 6) is 0.0378. The average Bonchev–Trinajstić information content (AvgIpc) is 2.72. The Bertz CT molecular complexity index is 535. The van der Waals surface area contributed by atoms with E-state index in [0.717, 1.165) is 38.8 Å². The van der Waals surface area contributed by atoms with Crippen LogP contribution >= 0.6 is 27.3 Å². The van der Waals surface area contributed by atoms with Crippen molar-refractivity contribution in [3.05, 3.63) is 33.6 Å². The first-order chi connectivity index (χ1) is 8.20. The van der Waals surface area contributed by atoms with Gasteiger partial charge in [-0.3, -0.25) is 4.79 Å². The summed E-state index contributed by atoms with van der Waals surface area (Å²) in [6.45, 7) is 2.87. The molecule has 2 nitrogen and oxygen atoms in total. The number of rotatable bonds is 4. The third-order valence-electron chi connectivity index (χ3n) is 2.52. The minimum Gasteiger partial charge on any atom is -0.351 e. The van der Waals surface area contributed by atoms with Crippen LogP contribution in [0.25, 0.3) is 10.1 Å². The predicted molar refractivity (Wildman–Crippen MR) is 76.8 cm³/mol. The van der Waals surface area contributed by atoms with Crippen molar-refractivity contribution in [2.24, 2.45) is 0 Å². The molecule has 4 heteroatoms. The molecule has 0 radical (unpaired) electrons. The Morgan fingerprint density at radius 3 is 3.00 bits per heavy atom. The van der Waals surface area contributed by atoms with Crippen LogP contribution in [-0.2, 0) is 0 Å². The van der Waals surface area contributed by atoms with Crippen LogP contribution in [0.4, 0.5) is 0 Å². The van der Waals surface area contributed by atoms with E-state index < -0.39 is 0 Å². The Morgan fingerprint density at radius 1 is 1.41 bits per heavy atom. The molecule has 90 valence electrons. The van der Waals surface area contributed by atoms with Crippen molar-refractivity contribution in [1.82, 2.24) is 5.32 Å². The number of nitrogens with one attached hydrogen (secondary N) is 1. The highest BCUT2D eigenvalue weighted by atomic mass is 79.9. The van der Waals surface area contributed by atoms with Gasteiger partial charge in [0, 0.05) is 15.7 Å². The second kappa shape index (κ2) is 5.65. The third kappa shape index (κ3) is 3.07. The van der Waals surface area contributed by atoms with E-state index in [1.165, 1.54) is 11.3 Å². The van der Waals surface area contributed by atoms with Gasteiger partial charge in [-0.15, -0.1) is 11.3 Å². The van der Waals surface area contributed by atoms with Gasteiger partial charge in [0.15, 0.2) is 0 Å². The summed E-state index contributed by atoms with van der Waals surface area (Å²) in [6.07, 6.45) is 2.13. The highest BCUT2D eigenvalue weighted by molar-refractivity contribution is 9.10. The molecule has 0 saturated heterocycles. The number of hydrogen-bond acceptors (Lipinski definition) is 2. The molecule has 17 heavy (non-hydrogen) atoms. The topological polar surface area (TPSA) is 29.1 Å². The van der Waals surface area contributed by atoms with E-state index in [9.17, 15) is 4.79 Å². The Labute approximate surface area is 113 Å². The Hall–Kier alpha value is -0.870. The Morgan fingerprint density at radius 2 is 2.24 bits per heavy atom. The van der Waals surface area contributed by atoms with Gasteiger partial charge in [-0.1, -0.05) is 29.3 Å². The summed E-state index contributed by atoms with van der Waals surface area (Å²) >= 11 is 4.97. The van der Waals surface area contributed by atoms with Crippen molar-refractivity contribution in [1.29, 1.82) is 0 Å². The van der Waals surface area contributed by atoms with E-state index in [0.29, 0.717) is 0 Å². The summed E-state index contributed by atoms with van der Waals surface area (Å²) in [7, 11) is 0. The lowest BCUT2D eigenvalue weighted by atomic mass is 10.2. The van der Waals surface area contributed by atoms with Gasteiger partial charge < -0.3 is 5.32 Å². The minimum absolute atomic E-state index is 0.0378. The predicted octanol–water partition coefficient (Wildman–Crippen LogP) is 4.19. The monoisotopic (exact) mass is 311 g/mol. The van der Waals surface area contributed by atoms with Gasteiger partial charge in [-0.25, -0.2) is 0 Å². The molecule has 1 amide bonds. The fraction of sp³-hybridized carbons (Fsp3) is 0.308. The van der Waals surface area contributed by atoms with Crippen LogP contribution < -0.4 is 5.32 Å². The fourth-order valence-corrected chi connectivity index (χ4v) is 2.93. The van der Waals surface area contributed by atoms with Crippen molar-refractivity contribution >= 4 is 43.3 Å². The van der Waals surface area contributed by atoms with Gasteiger partial charge in [0.25, 0.3) is 5.91 Å². The summed E-state index contributed by atoms with van der Waals surface area (Å²) in [6, 6.07) is 8.02. The number of thiophene rings is 1. The van der Waals surface area contributed by atoms with Gasteiger partial charge in [-0.05, 0) is 36.1 Å². The van der Waals surface area contributed by atoms with Crippen LogP contribution in [0.15, 0.2) is 28.7 Å². The summed E-state index contributed by atoms with van der Waals surface area (Å²) in [5, 5.41) is 4.05. The third-order valence-corrected chi connectivity index (χ3v) is 4.13. The molecule has 0 spiro atoms. The van der Waals surface area contributed by atoms with Crippen molar-refractivity contribution < 1.29 is 4.79 Å². The molecule has 2 aromatic rings. The van der Waals surface area contributed by atoms with E-state index >= 15 is 0 Å². The van der Waals surface area contributed by atoms with Gasteiger partial charge in [0.1, 0.15) is 0 Å². The summed E-state index contributed by atoms with van der Waals surface area (Å²) in [4.78, 5) is 12.6. The molecule has 1 heterocycles. The number of halogens is 1. The molecule has 0 aliphatic carbocycles. The van der Waals surface area contributed by atoms with Crippen LogP contribution in [0.1, 0.15) is 29.4 Å². The number of fused-ring (bicyclic) bond motifs is 1. The zero-order valence-corrected chi connectivity index (χ0v) is 12.0. The zero-order valence-electron chi connectivity index (χ0n) is 9.63. The first-order valence-corrected chi connectivity index (χ1v) is 7.29. The van der Waals surface area contributed by atoms with Gasteiger partial charge >= 0.3 is 0 Å². The van der Waals surface area contributed by atoms with Crippen LogP contribution in [0.5, 0.6) is 0 Å². The highest BCUT2D eigenvalue weighted by Crippen LogP contribution is 2.28. The number of amides is 1. The first kappa shape index (κ1) is 12.6. The quantitative estimate of drug-likeness (QED) is 0.843. The van der Waals surface area contributed by atoms with Crippen LogP contribution in [0.3, 0.4) is 0 Å². The Balaban J connectivity index is 2.15. The Kier molecular flexibility index (Phi) is 4.18. The van der Waals surface area contributed by atoms with E-state index in [4.69, 9.17) is 0 Å². The largest absolute Gasteiger partial charge is 0.351 e. The molecular weight excluding hydrogens is 298 g/mol. The minimum atomic E-state index is 0.0378. The van der Waals surface area contributed by atoms with Crippen molar-refractivity contribution in [3.63, 3.8) is 0 Å². The molecule has 0 atom stereocenters. The van der Waals surface area contributed by atoms with Crippen molar-refractivity contribution in [3.8, 4) is 0 Å². The van der Waals surface area contributed by atoms with Crippen LogP contribution in [0.2, 0.25) is 0 Å². The molecule has 0 bridgehead atoms. The van der Waals surface area contributed by atoms with Crippen LogP contribution in [0, 0.1) is 0 Å². The van der Waals surface area contributed by atoms with Gasteiger partial charge in [-0.2, -0.15) is 0 Å². The standard InChI is InChI=1S/C13H14BrNOS/c1-2-3-6-15-13(16)12-8-9-7-10(14)4-5-11(9)17-12/h4-5,7-8H,2-3,6H2,1H3,(H,15,16). The maximum Gasteiger partial charge on any atom is 0.261 e. The SMILES string of the molecule is CCCCNC(=O)c1cc2cc(Br)ccc2s1. The molecule has 1 aromatic carbocycles.